The summed E-state index contributed by atoms with van der Waals surface area (Å²) in [5.74, 6) is 0.773. The molecule has 2 aromatic carbocycles. The Bertz CT molecular complexity index is 723. The molecule has 1 heterocycles. The molecule has 0 radical (unpaired) electrons. The summed E-state index contributed by atoms with van der Waals surface area (Å²) in [5, 5.41) is 3.34. The Morgan fingerprint density at radius 1 is 1.00 bits per heavy atom. The maximum atomic E-state index is 4.37. The Morgan fingerprint density at radius 2 is 1.80 bits per heavy atom. The van der Waals surface area contributed by atoms with E-state index in [9.17, 15) is 0 Å². The minimum atomic E-state index is 0.773. The van der Waals surface area contributed by atoms with Crippen LogP contribution in [-0.2, 0) is 0 Å². The number of para-hydroxylation sites is 1. The van der Waals surface area contributed by atoms with Crippen LogP contribution in [0.5, 0.6) is 0 Å². The van der Waals surface area contributed by atoms with Gasteiger partial charge >= 0.3 is 0 Å². The van der Waals surface area contributed by atoms with Crippen LogP contribution < -0.4 is 5.32 Å². The van der Waals surface area contributed by atoms with E-state index in [0.717, 1.165) is 26.3 Å². The lowest BCUT2D eigenvalue weighted by molar-refractivity contribution is 1.06. The molecular formula is C15H11Br2N3. The average Bonchev–Trinajstić information content (AvgIpc) is 2.92. The van der Waals surface area contributed by atoms with Gasteiger partial charge in [-0.2, -0.15) is 0 Å². The first kappa shape index (κ1) is 13.4. The van der Waals surface area contributed by atoms with Gasteiger partial charge in [0.2, 0.25) is 5.95 Å². The van der Waals surface area contributed by atoms with Gasteiger partial charge in [-0.1, -0.05) is 34.1 Å². The minimum absolute atomic E-state index is 0.773. The molecule has 0 unspecified atom stereocenters. The Morgan fingerprint density at radius 3 is 2.60 bits per heavy atom. The molecule has 0 saturated heterocycles. The second-order valence-corrected chi connectivity index (χ2v) is 5.98. The second kappa shape index (κ2) is 5.81. The van der Waals surface area contributed by atoms with Gasteiger partial charge in [0.1, 0.15) is 0 Å². The summed E-state index contributed by atoms with van der Waals surface area (Å²) in [7, 11) is 0. The number of benzene rings is 2. The smallest absolute Gasteiger partial charge is 0.212 e. The van der Waals surface area contributed by atoms with Crippen molar-refractivity contribution in [1.82, 2.24) is 9.55 Å². The summed E-state index contributed by atoms with van der Waals surface area (Å²) < 4.78 is 4.01. The van der Waals surface area contributed by atoms with Crippen molar-refractivity contribution in [2.45, 2.75) is 0 Å². The Balaban J connectivity index is 1.97. The fourth-order valence-corrected chi connectivity index (χ4v) is 2.61. The molecule has 0 aliphatic rings. The van der Waals surface area contributed by atoms with Gasteiger partial charge in [-0.15, -0.1) is 0 Å². The van der Waals surface area contributed by atoms with Crippen LogP contribution in [0.15, 0.2) is 69.9 Å². The first-order valence-electron chi connectivity index (χ1n) is 6.05. The summed E-state index contributed by atoms with van der Waals surface area (Å²) in [5.41, 5.74) is 2.03. The maximum absolute atomic E-state index is 4.37. The first-order chi connectivity index (χ1) is 9.74. The fraction of sp³-hybridized carbons (Fsp3) is 0. The van der Waals surface area contributed by atoms with E-state index < -0.39 is 0 Å². The highest BCUT2D eigenvalue weighted by Crippen LogP contribution is 2.29. The second-order valence-electron chi connectivity index (χ2n) is 4.21. The topological polar surface area (TPSA) is 29.9 Å². The van der Waals surface area contributed by atoms with Crippen LogP contribution in [0, 0.1) is 0 Å². The highest BCUT2D eigenvalue weighted by molar-refractivity contribution is 9.11. The largest absolute Gasteiger partial charge is 0.324 e. The number of halogens is 2. The highest BCUT2D eigenvalue weighted by atomic mass is 79.9. The molecule has 100 valence electrons. The van der Waals surface area contributed by atoms with Gasteiger partial charge in [0.25, 0.3) is 0 Å². The van der Waals surface area contributed by atoms with Gasteiger partial charge in [0, 0.05) is 27.0 Å². The van der Waals surface area contributed by atoms with Crippen molar-refractivity contribution >= 4 is 43.5 Å². The van der Waals surface area contributed by atoms with Crippen LogP contribution in [0.2, 0.25) is 0 Å². The number of nitrogens with zero attached hydrogens (tertiary/aromatic N) is 2. The van der Waals surface area contributed by atoms with Gasteiger partial charge in [-0.25, -0.2) is 4.98 Å². The van der Waals surface area contributed by atoms with E-state index in [2.05, 4.69) is 42.2 Å². The van der Waals surface area contributed by atoms with Crippen molar-refractivity contribution in [3.8, 4) is 5.69 Å². The molecule has 3 nitrogen and oxygen atoms in total. The zero-order chi connectivity index (χ0) is 13.9. The van der Waals surface area contributed by atoms with E-state index in [1.807, 2.05) is 59.3 Å². The number of imidazole rings is 1. The summed E-state index contributed by atoms with van der Waals surface area (Å²) in [4.78, 5) is 4.37. The van der Waals surface area contributed by atoms with Crippen molar-refractivity contribution in [2.75, 3.05) is 5.32 Å². The highest BCUT2D eigenvalue weighted by Gasteiger charge is 2.07. The Kier molecular flexibility index (Phi) is 3.89. The van der Waals surface area contributed by atoms with Crippen molar-refractivity contribution in [2.24, 2.45) is 0 Å². The molecule has 0 amide bonds. The normalized spacial score (nSPS) is 10.5. The number of aromatic nitrogens is 2. The molecule has 1 aromatic heterocycles. The van der Waals surface area contributed by atoms with Crippen LogP contribution in [0.3, 0.4) is 0 Å². The molecule has 3 aromatic rings. The maximum Gasteiger partial charge on any atom is 0.212 e. The van der Waals surface area contributed by atoms with Crippen molar-refractivity contribution in [1.29, 1.82) is 0 Å². The van der Waals surface area contributed by atoms with E-state index in [4.69, 9.17) is 0 Å². The lowest BCUT2D eigenvalue weighted by atomic mass is 10.3. The molecule has 1 N–H and O–H groups in total. The standard InChI is InChI=1S/C15H11Br2N3/c16-11-6-7-13(17)14(10-11)19-15-18-8-9-20(15)12-4-2-1-3-5-12/h1-10H,(H,18,19). The van der Waals surface area contributed by atoms with Gasteiger partial charge in [-0.3, -0.25) is 4.57 Å². The summed E-state index contributed by atoms with van der Waals surface area (Å²) in [6.07, 6.45) is 3.71. The van der Waals surface area contributed by atoms with E-state index in [-0.39, 0.29) is 0 Å². The minimum Gasteiger partial charge on any atom is -0.324 e. The van der Waals surface area contributed by atoms with Crippen LogP contribution in [-0.4, -0.2) is 9.55 Å². The van der Waals surface area contributed by atoms with Crippen LogP contribution in [0.1, 0.15) is 0 Å². The summed E-state index contributed by atoms with van der Waals surface area (Å²) in [6, 6.07) is 16.1. The third-order valence-electron chi connectivity index (χ3n) is 2.85. The van der Waals surface area contributed by atoms with Gasteiger partial charge in [-0.05, 0) is 46.3 Å². The molecule has 0 saturated carbocycles. The van der Waals surface area contributed by atoms with Gasteiger partial charge in [0.15, 0.2) is 0 Å². The predicted molar refractivity (Wildman–Crippen MR) is 88.7 cm³/mol. The molecule has 3 rings (SSSR count). The average molecular weight is 393 g/mol. The lowest BCUT2D eigenvalue weighted by Gasteiger charge is -2.11. The van der Waals surface area contributed by atoms with Crippen molar-refractivity contribution in [3.05, 3.63) is 69.9 Å². The van der Waals surface area contributed by atoms with Gasteiger partial charge < -0.3 is 5.32 Å². The zero-order valence-electron chi connectivity index (χ0n) is 10.4. The molecule has 0 fully saturated rings. The third kappa shape index (κ3) is 2.78. The molecule has 20 heavy (non-hydrogen) atoms. The van der Waals surface area contributed by atoms with E-state index >= 15 is 0 Å². The number of rotatable bonds is 3. The molecule has 5 heteroatoms. The van der Waals surface area contributed by atoms with E-state index in [0.29, 0.717) is 0 Å². The summed E-state index contributed by atoms with van der Waals surface area (Å²) >= 11 is 7.01. The number of hydrogen-bond donors (Lipinski definition) is 1. The predicted octanol–water partition coefficient (Wildman–Crippen LogP) is 5.14. The van der Waals surface area contributed by atoms with Crippen LogP contribution >= 0.6 is 31.9 Å². The fourth-order valence-electron chi connectivity index (χ4n) is 1.91. The first-order valence-corrected chi connectivity index (χ1v) is 7.63. The SMILES string of the molecule is Brc1ccc(Br)c(Nc2nccn2-c2ccccc2)c1. The van der Waals surface area contributed by atoms with Gasteiger partial charge in [0.05, 0.1) is 5.69 Å². The quantitative estimate of drug-likeness (QED) is 0.668. The molecule has 0 spiro atoms. The van der Waals surface area contributed by atoms with Crippen LogP contribution in [0.4, 0.5) is 11.6 Å². The van der Waals surface area contributed by atoms with Crippen LogP contribution in [0.25, 0.3) is 5.69 Å². The number of hydrogen-bond acceptors (Lipinski definition) is 2. The molecule has 0 aliphatic heterocycles. The molecular weight excluding hydrogens is 382 g/mol. The summed E-state index contributed by atoms with van der Waals surface area (Å²) in [6.45, 7) is 0. The Hall–Kier alpha value is -1.59. The lowest BCUT2D eigenvalue weighted by Crippen LogP contribution is -2.01. The third-order valence-corrected chi connectivity index (χ3v) is 4.03. The Labute approximate surface area is 133 Å². The molecule has 0 aliphatic carbocycles. The van der Waals surface area contributed by atoms with E-state index in [1.165, 1.54) is 0 Å². The number of nitrogens with one attached hydrogen (secondary N) is 1. The van der Waals surface area contributed by atoms with Crippen molar-refractivity contribution in [3.63, 3.8) is 0 Å². The number of anilines is 2. The molecule has 0 atom stereocenters. The van der Waals surface area contributed by atoms with E-state index in [1.54, 1.807) is 6.20 Å². The molecule has 0 bridgehead atoms. The van der Waals surface area contributed by atoms with Crippen molar-refractivity contribution < 1.29 is 0 Å². The monoisotopic (exact) mass is 391 g/mol. The zero-order valence-corrected chi connectivity index (χ0v) is 13.6.